The third-order valence-corrected chi connectivity index (χ3v) is 5.63. The molecule has 178 valence electrons. The van der Waals surface area contributed by atoms with E-state index in [0.717, 1.165) is 34.3 Å². The Balaban J connectivity index is 1.50. The van der Waals surface area contributed by atoms with Gasteiger partial charge in [0.15, 0.2) is 0 Å². The molecule has 35 heavy (non-hydrogen) atoms. The fraction of sp³-hybridized carbons (Fsp3) is 0.217. The van der Waals surface area contributed by atoms with Gasteiger partial charge in [0.05, 0.1) is 24.1 Å². The number of ether oxygens (including phenoxy) is 1. The van der Waals surface area contributed by atoms with Crippen LogP contribution in [0, 0.1) is 11.3 Å². The lowest BCUT2D eigenvalue weighted by Gasteiger charge is -2.22. The van der Waals surface area contributed by atoms with Gasteiger partial charge in [0.25, 0.3) is 5.89 Å². The van der Waals surface area contributed by atoms with Gasteiger partial charge in [-0.05, 0) is 54.9 Å². The van der Waals surface area contributed by atoms with E-state index in [4.69, 9.17) is 9.78 Å². The number of nitriles is 1. The molecular weight excluding hydrogens is 467 g/mol. The van der Waals surface area contributed by atoms with Crippen LogP contribution in [0.5, 0.6) is 5.75 Å². The van der Waals surface area contributed by atoms with Gasteiger partial charge in [-0.2, -0.15) is 10.2 Å². The number of nitrogens with one attached hydrogen (secondary N) is 2. The molecule has 4 aromatic rings. The molecule has 12 heteroatoms. The molecule has 9 nitrogen and oxygen atoms in total. The molecule has 1 atom stereocenters. The highest BCUT2D eigenvalue weighted by Crippen LogP contribution is 2.35. The normalized spacial score (nSPS) is 15.5. The SMILES string of the molecule is N#Cc1cc(OC(F)(F)F)cc(-c2nc(-c3ccc4[nH]c5c(c4c3)CCN[C@H]5CC(=O)O)no2)c1. The summed E-state index contributed by atoms with van der Waals surface area (Å²) in [5.41, 5.74) is 3.30. The van der Waals surface area contributed by atoms with E-state index >= 15 is 0 Å². The van der Waals surface area contributed by atoms with Crippen LogP contribution >= 0.6 is 0 Å². The first kappa shape index (κ1) is 22.4. The van der Waals surface area contributed by atoms with Gasteiger partial charge >= 0.3 is 12.3 Å². The lowest BCUT2D eigenvalue weighted by Crippen LogP contribution is -2.31. The lowest BCUT2D eigenvalue weighted by atomic mass is 9.97. The molecule has 0 fully saturated rings. The quantitative estimate of drug-likeness (QED) is 0.382. The molecular formula is C23H16F3N5O4. The summed E-state index contributed by atoms with van der Waals surface area (Å²) in [7, 11) is 0. The summed E-state index contributed by atoms with van der Waals surface area (Å²) in [4.78, 5) is 18.8. The molecule has 2 aromatic carbocycles. The van der Waals surface area contributed by atoms with Gasteiger partial charge in [-0.15, -0.1) is 13.2 Å². The lowest BCUT2D eigenvalue weighted by molar-refractivity contribution is -0.274. The molecule has 1 aliphatic heterocycles. The van der Waals surface area contributed by atoms with E-state index in [1.54, 1.807) is 12.1 Å². The van der Waals surface area contributed by atoms with Crippen molar-refractivity contribution in [3.05, 3.63) is 53.2 Å². The molecule has 1 aliphatic rings. The van der Waals surface area contributed by atoms with Gasteiger partial charge < -0.3 is 24.7 Å². The second-order valence-electron chi connectivity index (χ2n) is 7.96. The van der Waals surface area contributed by atoms with E-state index in [1.165, 1.54) is 6.07 Å². The molecule has 0 saturated carbocycles. The first-order valence-corrected chi connectivity index (χ1v) is 10.5. The third-order valence-electron chi connectivity index (χ3n) is 5.63. The Kier molecular flexibility index (Phi) is 5.41. The molecule has 0 radical (unpaired) electrons. The number of hydrogen-bond acceptors (Lipinski definition) is 7. The Labute approximate surface area is 195 Å². The van der Waals surface area contributed by atoms with Crippen LogP contribution in [0.1, 0.15) is 29.3 Å². The molecule has 3 N–H and O–H groups in total. The number of nitrogens with zero attached hydrogens (tertiary/aromatic N) is 3. The number of carbonyl (C=O) groups is 1. The summed E-state index contributed by atoms with van der Waals surface area (Å²) in [6.45, 7) is 0.631. The van der Waals surface area contributed by atoms with Gasteiger partial charge in [-0.1, -0.05) is 5.16 Å². The topological polar surface area (TPSA) is 137 Å². The molecule has 2 aromatic heterocycles. The van der Waals surface area contributed by atoms with Crippen molar-refractivity contribution in [1.82, 2.24) is 20.4 Å². The van der Waals surface area contributed by atoms with Crippen molar-refractivity contribution in [2.75, 3.05) is 6.54 Å². The minimum Gasteiger partial charge on any atom is -0.481 e. The maximum absolute atomic E-state index is 12.7. The molecule has 5 rings (SSSR count). The molecule has 3 heterocycles. The molecule has 0 unspecified atom stereocenters. The predicted molar refractivity (Wildman–Crippen MR) is 115 cm³/mol. The zero-order valence-corrected chi connectivity index (χ0v) is 17.8. The van der Waals surface area contributed by atoms with Crippen molar-refractivity contribution in [3.8, 4) is 34.7 Å². The van der Waals surface area contributed by atoms with Crippen molar-refractivity contribution in [2.45, 2.75) is 25.2 Å². The third kappa shape index (κ3) is 4.53. The average Bonchev–Trinajstić information content (AvgIpc) is 3.43. The number of rotatable bonds is 5. The Bertz CT molecular complexity index is 1480. The van der Waals surface area contributed by atoms with E-state index in [2.05, 4.69) is 25.2 Å². The van der Waals surface area contributed by atoms with E-state index < -0.39 is 18.1 Å². The van der Waals surface area contributed by atoms with Crippen LogP contribution in [0.15, 0.2) is 40.9 Å². The predicted octanol–water partition coefficient (Wildman–Crippen LogP) is 4.32. The van der Waals surface area contributed by atoms with Gasteiger partial charge in [-0.25, -0.2) is 0 Å². The molecule has 0 saturated heterocycles. The van der Waals surface area contributed by atoms with Crippen LogP contribution in [0.25, 0.3) is 33.7 Å². The van der Waals surface area contributed by atoms with Crippen molar-refractivity contribution in [1.29, 1.82) is 5.26 Å². The van der Waals surface area contributed by atoms with Crippen molar-refractivity contribution in [2.24, 2.45) is 0 Å². The number of fused-ring (bicyclic) bond motifs is 3. The smallest absolute Gasteiger partial charge is 0.481 e. The number of aliphatic carboxylic acids is 1. The minimum absolute atomic E-state index is 0.0529. The molecule has 0 bridgehead atoms. The van der Waals surface area contributed by atoms with E-state index in [-0.39, 0.29) is 35.3 Å². The summed E-state index contributed by atoms with van der Waals surface area (Å²) in [6.07, 6.45) is -4.27. The number of hydrogen-bond donors (Lipinski definition) is 3. The number of benzene rings is 2. The Hall–Kier alpha value is -4.37. The summed E-state index contributed by atoms with van der Waals surface area (Å²) in [5.74, 6) is -1.35. The number of carboxylic acids is 1. The van der Waals surface area contributed by atoms with Gasteiger partial charge in [-0.3, -0.25) is 4.79 Å². The average molecular weight is 483 g/mol. The number of halogens is 3. The summed E-state index contributed by atoms with van der Waals surface area (Å²) in [6, 6.07) is 10.2. The van der Waals surface area contributed by atoms with Crippen LogP contribution in [-0.4, -0.2) is 39.1 Å². The first-order chi connectivity index (χ1) is 16.7. The highest BCUT2D eigenvalue weighted by molar-refractivity contribution is 5.89. The van der Waals surface area contributed by atoms with Crippen molar-refractivity contribution >= 4 is 16.9 Å². The molecule has 0 amide bonds. The zero-order valence-electron chi connectivity index (χ0n) is 17.8. The van der Waals surface area contributed by atoms with E-state index in [1.807, 2.05) is 12.1 Å². The second-order valence-corrected chi connectivity index (χ2v) is 7.96. The number of alkyl halides is 3. The van der Waals surface area contributed by atoms with Gasteiger partial charge in [0, 0.05) is 27.7 Å². The highest BCUT2D eigenvalue weighted by atomic mass is 19.4. The van der Waals surface area contributed by atoms with Crippen LogP contribution < -0.4 is 10.1 Å². The number of carboxylic acid groups (broad SMARTS) is 1. The van der Waals surface area contributed by atoms with Gasteiger partial charge in [0.2, 0.25) is 5.82 Å². The number of aromatic nitrogens is 3. The standard InChI is InChI=1S/C23H16F3N5O4/c24-23(25,26)34-14-6-11(10-27)5-13(7-14)22-30-21(31-35-22)12-1-2-17-16(8-12)15-3-4-28-18(9-19(32)33)20(15)29-17/h1-2,5-8,18,28-29H,3-4,9H2,(H,32,33)/t18-/m0/s1. The summed E-state index contributed by atoms with van der Waals surface area (Å²) >= 11 is 0. The van der Waals surface area contributed by atoms with Crippen molar-refractivity contribution < 1.29 is 32.3 Å². The molecule has 0 aliphatic carbocycles. The van der Waals surface area contributed by atoms with Crippen LogP contribution in [0.3, 0.4) is 0 Å². The largest absolute Gasteiger partial charge is 0.573 e. The maximum atomic E-state index is 12.7. The van der Waals surface area contributed by atoms with E-state index in [0.29, 0.717) is 18.5 Å². The first-order valence-electron chi connectivity index (χ1n) is 10.5. The van der Waals surface area contributed by atoms with Crippen LogP contribution in [-0.2, 0) is 11.2 Å². The monoisotopic (exact) mass is 483 g/mol. The Morgan fingerprint density at radius 3 is 2.83 bits per heavy atom. The van der Waals surface area contributed by atoms with Gasteiger partial charge in [0.1, 0.15) is 5.75 Å². The Morgan fingerprint density at radius 1 is 1.26 bits per heavy atom. The molecule has 0 spiro atoms. The zero-order chi connectivity index (χ0) is 24.7. The fourth-order valence-corrected chi connectivity index (χ4v) is 4.23. The highest BCUT2D eigenvalue weighted by Gasteiger charge is 2.32. The summed E-state index contributed by atoms with van der Waals surface area (Å²) in [5, 5.41) is 26.4. The summed E-state index contributed by atoms with van der Waals surface area (Å²) < 4.78 is 47.2. The van der Waals surface area contributed by atoms with Crippen LogP contribution in [0.2, 0.25) is 0 Å². The second kappa shape index (κ2) is 8.44. The fourth-order valence-electron chi connectivity index (χ4n) is 4.23. The van der Waals surface area contributed by atoms with Crippen molar-refractivity contribution in [3.63, 3.8) is 0 Å². The number of H-pyrrole nitrogens is 1. The Morgan fingerprint density at radius 2 is 2.09 bits per heavy atom. The maximum Gasteiger partial charge on any atom is 0.573 e. The van der Waals surface area contributed by atoms with Crippen LogP contribution in [0.4, 0.5) is 13.2 Å². The van der Waals surface area contributed by atoms with E-state index in [9.17, 15) is 23.1 Å². The minimum atomic E-state index is -4.92. The number of aromatic amines is 1.